The predicted octanol–water partition coefficient (Wildman–Crippen LogP) is 2.54. The van der Waals surface area contributed by atoms with Gasteiger partial charge in [0.25, 0.3) is 0 Å². The molecule has 2 aromatic rings. The maximum Gasteiger partial charge on any atom is 0.0956 e. The van der Waals surface area contributed by atoms with E-state index in [-0.39, 0.29) is 6.61 Å². The highest BCUT2D eigenvalue weighted by atomic mass is 79.9. The number of pyridine rings is 1. The van der Waals surface area contributed by atoms with Crippen LogP contribution < -0.4 is 10.6 Å². The number of nitrogen functional groups attached to an aromatic ring is 1. The number of benzene rings is 1. The summed E-state index contributed by atoms with van der Waals surface area (Å²) in [6, 6.07) is 6.44. The summed E-state index contributed by atoms with van der Waals surface area (Å²) < 4.78 is 0.920. The standard InChI is InChI=1S/C14H16BrN3O/c15-9-7-11-12(16)3-4-13(14(11)17-8-9)18(5-6-19)10-1-2-10/h3-4,7-8,10,19H,1-2,5-6,16H2. The van der Waals surface area contributed by atoms with Gasteiger partial charge in [-0.05, 0) is 47.0 Å². The van der Waals surface area contributed by atoms with Crippen LogP contribution in [-0.4, -0.2) is 29.3 Å². The topological polar surface area (TPSA) is 62.4 Å². The van der Waals surface area contributed by atoms with E-state index in [4.69, 9.17) is 5.73 Å². The molecule has 0 radical (unpaired) electrons. The molecule has 1 aromatic carbocycles. The van der Waals surface area contributed by atoms with Crippen LogP contribution in [0, 0.1) is 0 Å². The number of nitrogens with two attached hydrogens (primary N) is 1. The summed E-state index contributed by atoms with van der Waals surface area (Å²) in [6.45, 7) is 0.792. The van der Waals surface area contributed by atoms with Crippen LogP contribution in [0.25, 0.3) is 10.9 Å². The van der Waals surface area contributed by atoms with Crippen molar-refractivity contribution < 1.29 is 5.11 Å². The second kappa shape index (κ2) is 4.98. The highest BCUT2D eigenvalue weighted by Gasteiger charge is 2.30. The summed E-state index contributed by atoms with van der Waals surface area (Å²) in [6.07, 6.45) is 4.15. The Bertz CT molecular complexity index is 613. The zero-order valence-electron chi connectivity index (χ0n) is 10.5. The van der Waals surface area contributed by atoms with Crippen molar-refractivity contribution in [3.05, 3.63) is 28.9 Å². The number of fused-ring (bicyclic) bond motifs is 1. The summed E-state index contributed by atoms with van der Waals surface area (Å²) in [5.74, 6) is 0. The van der Waals surface area contributed by atoms with Gasteiger partial charge in [0.1, 0.15) is 0 Å². The number of aromatic nitrogens is 1. The maximum absolute atomic E-state index is 9.25. The lowest BCUT2D eigenvalue weighted by molar-refractivity contribution is 0.301. The fourth-order valence-electron chi connectivity index (χ4n) is 2.43. The molecule has 1 aliphatic rings. The van der Waals surface area contributed by atoms with Crippen LogP contribution in [0.3, 0.4) is 0 Å². The van der Waals surface area contributed by atoms with Gasteiger partial charge in [-0.2, -0.15) is 0 Å². The Balaban J connectivity index is 2.14. The molecule has 5 heteroatoms. The summed E-state index contributed by atoms with van der Waals surface area (Å²) in [4.78, 5) is 6.74. The van der Waals surface area contributed by atoms with E-state index in [1.807, 2.05) is 18.2 Å². The molecule has 0 aliphatic heterocycles. The van der Waals surface area contributed by atoms with Crippen molar-refractivity contribution in [2.75, 3.05) is 23.8 Å². The minimum Gasteiger partial charge on any atom is -0.398 e. The average molecular weight is 322 g/mol. The molecule has 1 fully saturated rings. The normalized spacial score (nSPS) is 14.8. The minimum absolute atomic E-state index is 0.152. The Kier molecular flexibility index (Phi) is 3.33. The van der Waals surface area contributed by atoms with Gasteiger partial charge in [-0.1, -0.05) is 0 Å². The molecular weight excluding hydrogens is 306 g/mol. The van der Waals surface area contributed by atoms with Gasteiger partial charge < -0.3 is 15.7 Å². The van der Waals surface area contributed by atoms with Crippen molar-refractivity contribution in [2.24, 2.45) is 0 Å². The van der Waals surface area contributed by atoms with E-state index < -0.39 is 0 Å². The molecule has 19 heavy (non-hydrogen) atoms. The number of halogens is 1. The largest absolute Gasteiger partial charge is 0.398 e. The number of hydrogen-bond donors (Lipinski definition) is 2. The smallest absolute Gasteiger partial charge is 0.0956 e. The zero-order chi connectivity index (χ0) is 13.4. The molecule has 0 spiro atoms. The quantitative estimate of drug-likeness (QED) is 0.849. The third-order valence-electron chi connectivity index (χ3n) is 3.47. The number of anilines is 2. The van der Waals surface area contributed by atoms with Gasteiger partial charge in [0.15, 0.2) is 0 Å². The lowest BCUT2D eigenvalue weighted by Crippen LogP contribution is -2.29. The van der Waals surface area contributed by atoms with Crippen molar-refractivity contribution in [3.63, 3.8) is 0 Å². The SMILES string of the molecule is Nc1ccc(N(CCO)C2CC2)c2ncc(Br)cc12. The first-order valence-electron chi connectivity index (χ1n) is 6.42. The summed E-state index contributed by atoms with van der Waals surface area (Å²) >= 11 is 3.43. The highest BCUT2D eigenvalue weighted by Crippen LogP contribution is 2.37. The Labute approximate surface area is 120 Å². The molecule has 1 heterocycles. The molecule has 3 N–H and O–H groups in total. The highest BCUT2D eigenvalue weighted by molar-refractivity contribution is 9.10. The lowest BCUT2D eigenvalue weighted by atomic mass is 10.1. The zero-order valence-corrected chi connectivity index (χ0v) is 12.1. The van der Waals surface area contributed by atoms with Crippen molar-refractivity contribution in [1.82, 2.24) is 4.98 Å². The van der Waals surface area contributed by atoms with Crippen molar-refractivity contribution >= 4 is 38.2 Å². The van der Waals surface area contributed by atoms with E-state index in [0.717, 1.165) is 26.8 Å². The van der Waals surface area contributed by atoms with Crippen LogP contribution in [0.4, 0.5) is 11.4 Å². The van der Waals surface area contributed by atoms with Crippen LogP contribution in [0.15, 0.2) is 28.9 Å². The van der Waals surface area contributed by atoms with Crippen molar-refractivity contribution in [2.45, 2.75) is 18.9 Å². The molecule has 100 valence electrons. The number of hydrogen-bond acceptors (Lipinski definition) is 4. The first kappa shape index (κ1) is 12.7. The van der Waals surface area contributed by atoms with Crippen LogP contribution in [0.1, 0.15) is 12.8 Å². The van der Waals surface area contributed by atoms with E-state index in [1.165, 1.54) is 12.8 Å². The fourth-order valence-corrected chi connectivity index (χ4v) is 2.76. The predicted molar refractivity (Wildman–Crippen MR) is 81.3 cm³/mol. The van der Waals surface area contributed by atoms with Gasteiger partial charge in [-0.15, -0.1) is 0 Å². The van der Waals surface area contributed by atoms with Crippen LogP contribution >= 0.6 is 15.9 Å². The van der Waals surface area contributed by atoms with E-state index >= 15 is 0 Å². The first-order valence-corrected chi connectivity index (χ1v) is 7.21. The number of aliphatic hydroxyl groups is 1. The summed E-state index contributed by atoms with van der Waals surface area (Å²) in [5.41, 5.74) is 8.73. The fraction of sp³-hybridized carbons (Fsp3) is 0.357. The van der Waals surface area contributed by atoms with E-state index in [0.29, 0.717) is 12.6 Å². The maximum atomic E-state index is 9.25. The Hall–Kier alpha value is -1.33. The molecular formula is C14H16BrN3O. The third-order valence-corrected chi connectivity index (χ3v) is 3.90. The lowest BCUT2D eigenvalue weighted by Gasteiger charge is -2.25. The molecule has 0 unspecified atom stereocenters. The Morgan fingerprint density at radius 2 is 2.21 bits per heavy atom. The van der Waals surface area contributed by atoms with Crippen molar-refractivity contribution in [1.29, 1.82) is 0 Å². The van der Waals surface area contributed by atoms with Gasteiger partial charge >= 0.3 is 0 Å². The number of rotatable bonds is 4. The molecule has 1 aromatic heterocycles. The molecule has 4 nitrogen and oxygen atoms in total. The van der Waals surface area contributed by atoms with Gasteiger partial charge in [-0.25, -0.2) is 0 Å². The second-order valence-electron chi connectivity index (χ2n) is 4.87. The van der Waals surface area contributed by atoms with Gasteiger partial charge in [0.05, 0.1) is 17.8 Å². The number of aliphatic hydroxyl groups excluding tert-OH is 1. The Morgan fingerprint density at radius 3 is 2.89 bits per heavy atom. The van der Waals surface area contributed by atoms with E-state index in [2.05, 4.69) is 25.8 Å². The molecule has 0 atom stereocenters. The second-order valence-corrected chi connectivity index (χ2v) is 5.79. The van der Waals surface area contributed by atoms with Crippen LogP contribution in [-0.2, 0) is 0 Å². The monoisotopic (exact) mass is 321 g/mol. The van der Waals surface area contributed by atoms with Gasteiger partial charge in [0, 0.05) is 34.3 Å². The van der Waals surface area contributed by atoms with E-state index in [1.54, 1.807) is 6.20 Å². The van der Waals surface area contributed by atoms with Gasteiger partial charge in [-0.3, -0.25) is 4.98 Å². The Morgan fingerprint density at radius 1 is 1.42 bits per heavy atom. The molecule has 1 saturated carbocycles. The third kappa shape index (κ3) is 2.40. The average Bonchev–Trinajstić information content (AvgIpc) is 3.22. The summed E-state index contributed by atoms with van der Waals surface area (Å²) in [7, 11) is 0. The van der Waals surface area contributed by atoms with E-state index in [9.17, 15) is 5.11 Å². The summed E-state index contributed by atoms with van der Waals surface area (Å²) in [5, 5.41) is 10.2. The number of nitrogens with zero attached hydrogens (tertiary/aromatic N) is 2. The molecule has 1 aliphatic carbocycles. The van der Waals surface area contributed by atoms with Crippen LogP contribution in [0.2, 0.25) is 0 Å². The first-order chi connectivity index (χ1) is 9.20. The molecule has 0 amide bonds. The van der Waals surface area contributed by atoms with Crippen LogP contribution in [0.5, 0.6) is 0 Å². The minimum atomic E-state index is 0.152. The molecule has 0 saturated heterocycles. The molecule has 3 rings (SSSR count). The van der Waals surface area contributed by atoms with Crippen molar-refractivity contribution in [3.8, 4) is 0 Å². The molecule has 0 bridgehead atoms. The van der Waals surface area contributed by atoms with Gasteiger partial charge in [0.2, 0.25) is 0 Å².